The van der Waals surface area contributed by atoms with E-state index in [0.29, 0.717) is 37.6 Å². The molecule has 5 heteroatoms. The smallest absolute Gasteiger partial charge is 0.0669 e. The largest absolute Gasteiger partial charge is 0.198 e. The minimum absolute atomic E-state index is 0.299. The number of nitrogens with zero attached hydrogens (tertiary/aromatic N) is 1. The van der Waals surface area contributed by atoms with Crippen LogP contribution < -0.4 is 0 Å². The molecule has 0 saturated heterocycles. The molecule has 0 aliphatic carbocycles. The quantitative estimate of drug-likeness (QED) is 0.659. The van der Waals surface area contributed by atoms with Gasteiger partial charge in [0, 0.05) is 21.2 Å². The molecule has 2 aromatic rings. The van der Waals surface area contributed by atoms with Crippen molar-refractivity contribution in [1.29, 1.82) is 5.26 Å². The van der Waals surface area contributed by atoms with Crippen LogP contribution in [0.2, 0.25) is 20.1 Å². The summed E-state index contributed by atoms with van der Waals surface area (Å²) in [7, 11) is 0. The molecule has 0 aromatic heterocycles. The van der Waals surface area contributed by atoms with E-state index in [9.17, 15) is 0 Å². The Morgan fingerprint density at radius 3 is 2.11 bits per heavy atom. The van der Waals surface area contributed by atoms with Gasteiger partial charge in [-0.2, -0.15) is 5.26 Å². The van der Waals surface area contributed by atoms with Crippen LogP contribution in [0.5, 0.6) is 0 Å². The van der Waals surface area contributed by atoms with Gasteiger partial charge >= 0.3 is 0 Å². The van der Waals surface area contributed by atoms with E-state index in [1.54, 1.807) is 24.3 Å². The summed E-state index contributed by atoms with van der Waals surface area (Å²) in [5.41, 5.74) is 2.17. The summed E-state index contributed by atoms with van der Waals surface area (Å²) in [6.45, 7) is 0. The van der Waals surface area contributed by atoms with Gasteiger partial charge in [-0.3, -0.25) is 0 Å². The molecule has 1 nitrogen and oxygen atoms in total. The van der Waals surface area contributed by atoms with Crippen LogP contribution in [0.3, 0.4) is 0 Å². The summed E-state index contributed by atoms with van der Waals surface area (Å²) in [6.07, 6.45) is 0.299. The second kappa shape index (κ2) is 6.03. The van der Waals surface area contributed by atoms with E-state index >= 15 is 0 Å². The van der Waals surface area contributed by atoms with Crippen LogP contribution in [0.15, 0.2) is 30.3 Å². The lowest BCUT2D eigenvalue weighted by molar-refractivity contribution is 1.26. The number of benzene rings is 2. The summed E-state index contributed by atoms with van der Waals surface area (Å²) < 4.78 is 0. The lowest BCUT2D eigenvalue weighted by atomic mass is 10.0. The van der Waals surface area contributed by atoms with E-state index < -0.39 is 0 Å². The maximum Gasteiger partial charge on any atom is 0.0669 e. The average Bonchev–Trinajstić information content (AvgIpc) is 2.32. The van der Waals surface area contributed by atoms with Crippen molar-refractivity contribution in [3.63, 3.8) is 0 Å². The lowest BCUT2D eigenvalue weighted by Gasteiger charge is -2.11. The van der Waals surface area contributed by atoms with Crippen molar-refractivity contribution >= 4 is 46.4 Å². The van der Waals surface area contributed by atoms with Gasteiger partial charge in [-0.05, 0) is 29.8 Å². The van der Waals surface area contributed by atoms with E-state index in [4.69, 9.17) is 51.7 Å². The first-order chi connectivity index (χ1) is 9.02. The normalized spacial score (nSPS) is 10.3. The standard InChI is InChI=1S/C14H7Cl4N/c15-9-6-12(17)14(13(18)7-9)10-5-8(3-4-19)1-2-11(10)16/h1-2,5-7H,3H2. The highest BCUT2D eigenvalue weighted by molar-refractivity contribution is 6.43. The van der Waals surface area contributed by atoms with Gasteiger partial charge in [-0.25, -0.2) is 0 Å². The molecule has 0 bridgehead atoms. The number of nitriles is 1. The van der Waals surface area contributed by atoms with Gasteiger partial charge in [-0.1, -0.05) is 52.5 Å². The monoisotopic (exact) mass is 329 g/mol. The summed E-state index contributed by atoms with van der Waals surface area (Å²) in [6, 6.07) is 10.6. The third kappa shape index (κ3) is 3.16. The number of hydrogen-bond acceptors (Lipinski definition) is 1. The van der Waals surface area contributed by atoms with Gasteiger partial charge in [0.25, 0.3) is 0 Å². The Hall–Kier alpha value is -0.910. The molecule has 0 aliphatic rings. The highest BCUT2D eigenvalue weighted by Crippen LogP contribution is 2.40. The fourth-order valence-electron chi connectivity index (χ4n) is 1.76. The van der Waals surface area contributed by atoms with E-state index in [1.165, 1.54) is 0 Å². The van der Waals surface area contributed by atoms with Crippen LogP contribution in [0.1, 0.15) is 5.56 Å². The fourth-order valence-corrected chi connectivity index (χ4v) is 3.00. The maximum absolute atomic E-state index is 8.74. The molecule has 19 heavy (non-hydrogen) atoms. The molecule has 2 aromatic carbocycles. The van der Waals surface area contributed by atoms with Gasteiger partial charge in [0.05, 0.1) is 22.5 Å². The molecular formula is C14H7Cl4N. The predicted octanol–water partition coefficient (Wildman–Crippen LogP) is 6.03. The van der Waals surface area contributed by atoms with Gasteiger partial charge in [-0.15, -0.1) is 0 Å². The van der Waals surface area contributed by atoms with E-state index in [1.807, 2.05) is 6.07 Å². The van der Waals surface area contributed by atoms with E-state index in [-0.39, 0.29) is 0 Å². The van der Waals surface area contributed by atoms with Crippen LogP contribution in [0, 0.1) is 11.3 Å². The van der Waals surface area contributed by atoms with Gasteiger partial charge in [0.15, 0.2) is 0 Å². The number of halogens is 4. The van der Waals surface area contributed by atoms with E-state index in [2.05, 4.69) is 6.07 Å². The molecule has 0 fully saturated rings. The zero-order valence-corrected chi connectivity index (χ0v) is 12.6. The van der Waals surface area contributed by atoms with Crippen LogP contribution in [-0.4, -0.2) is 0 Å². The van der Waals surface area contributed by atoms with Crippen molar-refractivity contribution in [3.8, 4) is 17.2 Å². The van der Waals surface area contributed by atoms with Crippen molar-refractivity contribution in [2.75, 3.05) is 0 Å². The summed E-state index contributed by atoms with van der Waals surface area (Å²) in [4.78, 5) is 0. The zero-order chi connectivity index (χ0) is 14.0. The third-order valence-electron chi connectivity index (χ3n) is 2.59. The fraction of sp³-hybridized carbons (Fsp3) is 0.0714. The Morgan fingerprint density at radius 2 is 1.53 bits per heavy atom. The Balaban J connectivity index is 2.65. The Morgan fingerprint density at radius 1 is 0.895 bits per heavy atom. The SMILES string of the molecule is N#CCc1ccc(Cl)c(-c2c(Cl)cc(Cl)cc2Cl)c1. The van der Waals surface area contributed by atoms with Crippen LogP contribution in [0.25, 0.3) is 11.1 Å². The molecule has 0 aliphatic heterocycles. The highest BCUT2D eigenvalue weighted by atomic mass is 35.5. The van der Waals surface area contributed by atoms with Gasteiger partial charge in [0.1, 0.15) is 0 Å². The van der Waals surface area contributed by atoms with E-state index in [0.717, 1.165) is 5.56 Å². The number of hydrogen-bond donors (Lipinski definition) is 0. The molecule has 2 rings (SSSR count). The minimum Gasteiger partial charge on any atom is -0.198 e. The Bertz CT molecular complexity index is 651. The summed E-state index contributed by atoms with van der Waals surface area (Å²) in [5, 5.41) is 10.6. The zero-order valence-electron chi connectivity index (χ0n) is 9.55. The molecule has 0 unspecified atom stereocenters. The van der Waals surface area contributed by atoms with Crippen LogP contribution in [0.4, 0.5) is 0 Å². The molecule has 96 valence electrons. The minimum atomic E-state index is 0.299. The summed E-state index contributed by atoms with van der Waals surface area (Å²) in [5.74, 6) is 0. The van der Waals surface area contributed by atoms with Crippen molar-refractivity contribution in [2.45, 2.75) is 6.42 Å². The molecule has 0 spiro atoms. The number of rotatable bonds is 2. The third-order valence-corrected chi connectivity index (χ3v) is 3.73. The first-order valence-electron chi connectivity index (χ1n) is 5.33. The molecule has 0 atom stereocenters. The first-order valence-corrected chi connectivity index (χ1v) is 6.84. The second-order valence-corrected chi connectivity index (χ2v) is 5.55. The second-order valence-electron chi connectivity index (χ2n) is 3.89. The molecule has 0 amide bonds. The molecule has 0 heterocycles. The lowest BCUT2D eigenvalue weighted by Crippen LogP contribution is -1.88. The Kier molecular flexibility index (Phi) is 4.60. The van der Waals surface area contributed by atoms with Gasteiger partial charge < -0.3 is 0 Å². The van der Waals surface area contributed by atoms with Crippen molar-refractivity contribution in [2.24, 2.45) is 0 Å². The molecular weight excluding hydrogens is 324 g/mol. The maximum atomic E-state index is 8.74. The van der Waals surface area contributed by atoms with Crippen LogP contribution in [-0.2, 0) is 6.42 Å². The molecule has 0 saturated carbocycles. The van der Waals surface area contributed by atoms with Gasteiger partial charge in [0.2, 0.25) is 0 Å². The highest BCUT2D eigenvalue weighted by Gasteiger charge is 2.13. The van der Waals surface area contributed by atoms with Crippen molar-refractivity contribution in [1.82, 2.24) is 0 Å². The molecule has 0 N–H and O–H groups in total. The average molecular weight is 331 g/mol. The Labute approximate surface area is 131 Å². The molecule has 0 radical (unpaired) electrons. The first kappa shape index (κ1) is 14.5. The topological polar surface area (TPSA) is 23.8 Å². The van der Waals surface area contributed by atoms with Crippen LogP contribution >= 0.6 is 46.4 Å². The predicted molar refractivity (Wildman–Crippen MR) is 81.2 cm³/mol. The van der Waals surface area contributed by atoms with Crippen molar-refractivity contribution in [3.05, 3.63) is 56.0 Å². The summed E-state index contributed by atoms with van der Waals surface area (Å²) >= 11 is 24.4. The van der Waals surface area contributed by atoms with Crippen molar-refractivity contribution < 1.29 is 0 Å².